The molecule has 1 fully saturated rings. The van der Waals surface area contributed by atoms with Crippen LogP contribution in [0, 0.1) is 6.92 Å². The van der Waals surface area contributed by atoms with Crippen molar-refractivity contribution >= 4 is 61.6 Å². The molecule has 0 spiro atoms. The van der Waals surface area contributed by atoms with Crippen LogP contribution >= 0.6 is 23.2 Å². The maximum absolute atomic E-state index is 13.3. The van der Waals surface area contributed by atoms with E-state index >= 15 is 0 Å². The molecule has 2 aromatic heterocycles. The predicted molar refractivity (Wildman–Crippen MR) is 112 cm³/mol. The minimum absolute atomic E-state index is 0.0236. The van der Waals surface area contributed by atoms with E-state index in [0.29, 0.717) is 33.9 Å². The molecule has 154 valence electrons. The summed E-state index contributed by atoms with van der Waals surface area (Å²) >= 11 is 12.0. The third-order valence-corrected chi connectivity index (χ3v) is 7.95. The number of pyridine rings is 1. The van der Waals surface area contributed by atoms with Crippen molar-refractivity contribution in [3.8, 4) is 0 Å². The highest BCUT2D eigenvalue weighted by molar-refractivity contribution is 7.91. The molecule has 8 nitrogen and oxygen atoms in total. The quantitative estimate of drug-likeness (QED) is 0.539. The van der Waals surface area contributed by atoms with Crippen molar-refractivity contribution in [1.29, 1.82) is 0 Å². The first-order chi connectivity index (χ1) is 14.2. The Morgan fingerprint density at radius 3 is 2.57 bits per heavy atom. The number of carbonyl (C=O) groups is 2. The van der Waals surface area contributed by atoms with Gasteiger partial charge in [-0.05, 0) is 31.5 Å². The largest absolute Gasteiger partial charge is 0.268 e. The zero-order valence-electron chi connectivity index (χ0n) is 15.6. The van der Waals surface area contributed by atoms with Crippen molar-refractivity contribution < 1.29 is 18.0 Å². The Balaban J connectivity index is 1.66. The molecular weight excluding hydrogens is 451 g/mol. The van der Waals surface area contributed by atoms with Crippen molar-refractivity contribution in [2.24, 2.45) is 0 Å². The number of hydrogen-bond donors (Lipinski definition) is 0. The Morgan fingerprint density at radius 1 is 1.13 bits per heavy atom. The zero-order chi connectivity index (χ0) is 21.4. The van der Waals surface area contributed by atoms with E-state index < -0.39 is 21.7 Å². The van der Waals surface area contributed by atoms with Crippen LogP contribution in [0.3, 0.4) is 0 Å². The summed E-state index contributed by atoms with van der Waals surface area (Å²) in [6.07, 6.45) is 1.77. The highest BCUT2D eigenvalue weighted by atomic mass is 35.5. The first-order valence-corrected chi connectivity index (χ1v) is 11.7. The number of halogens is 2. The number of amides is 2. The van der Waals surface area contributed by atoms with Gasteiger partial charge in [0.15, 0.2) is 15.5 Å². The molecule has 4 heterocycles. The predicted octanol–water partition coefficient (Wildman–Crippen LogP) is 3.21. The summed E-state index contributed by atoms with van der Waals surface area (Å²) in [5, 5.41) is 5.46. The number of rotatable bonds is 2. The fraction of sp³-hybridized carbons (Fsp3) is 0.263. The molecule has 11 heteroatoms. The number of fused-ring (bicyclic) bond motifs is 3. The lowest BCUT2D eigenvalue weighted by Gasteiger charge is -2.14. The van der Waals surface area contributed by atoms with E-state index in [1.54, 1.807) is 17.7 Å². The fourth-order valence-corrected chi connectivity index (χ4v) is 6.05. The van der Waals surface area contributed by atoms with E-state index in [-0.39, 0.29) is 33.7 Å². The molecule has 2 aliphatic rings. The summed E-state index contributed by atoms with van der Waals surface area (Å²) in [7, 11) is -3.13. The average Bonchev–Trinajstić information content (AvgIpc) is 3.30. The Labute approximate surface area is 181 Å². The van der Waals surface area contributed by atoms with Gasteiger partial charge in [0.25, 0.3) is 11.8 Å². The van der Waals surface area contributed by atoms with Crippen LogP contribution in [0.4, 0.5) is 5.69 Å². The Hall–Kier alpha value is -2.49. The van der Waals surface area contributed by atoms with Crippen LogP contribution < -0.4 is 4.90 Å². The lowest BCUT2D eigenvalue weighted by Crippen LogP contribution is -2.29. The molecule has 0 aliphatic carbocycles. The maximum Gasteiger partial charge on any atom is 0.267 e. The molecule has 2 aliphatic heterocycles. The molecule has 1 saturated heterocycles. The van der Waals surface area contributed by atoms with Gasteiger partial charge in [0.2, 0.25) is 0 Å². The van der Waals surface area contributed by atoms with Gasteiger partial charge in [-0.25, -0.2) is 23.0 Å². The van der Waals surface area contributed by atoms with Gasteiger partial charge in [0.1, 0.15) is 0 Å². The number of sulfone groups is 1. The molecule has 1 unspecified atom stereocenters. The van der Waals surface area contributed by atoms with Crippen LogP contribution in [0.1, 0.15) is 38.9 Å². The van der Waals surface area contributed by atoms with Crippen LogP contribution in [0.5, 0.6) is 0 Å². The highest BCUT2D eigenvalue weighted by Gasteiger charge is 2.41. The number of carbonyl (C=O) groups excluding carboxylic acids is 2. The van der Waals surface area contributed by atoms with Crippen LogP contribution in [0.2, 0.25) is 10.0 Å². The molecule has 0 bridgehead atoms. The maximum atomic E-state index is 13.3. The second-order valence-electron chi connectivity index (χ2n) is 7.38. The van der Waals surface area contributed by atoms with E-state index in [2.05, 4.69) is 10.1 Å². The molecule has 1 aromatic carbocycles. The number of anilines is 1. The number of aromatic nitrogens is 3. The van der Waals surface area contributed by atoms with E-state index in [1.807, 2.05) is 0 Å². The monoisotopic (exact) mass is 464 g/mol. The van der Waals surface area contributed by atoms with Crippen molar-refractivity contribution in [1.82, 2.24) is 14.8 Å². The molecule has 30 heavy (non-hydrogen) atoms. The minimum Gasteiger partial charge on any atom is -0.268 e. The molecule has 1 atom stereocenters. The molecule has 0 radical (unpaired) electrons. The number of hydrogen-bond acceptors (Lipinski definition) is 6. The van der Waals surface area contributed by atoms with Crippen LogP contribution in [0.25, 0.3) is 11.0 Å². The second-order valence-corrected chi connectivity index (χ2v) is 10.4. The first kappa shape index (κ1) is 19.5. The Bertz CT molecular complexity index is 1380. The number of nitrogens with zero attached hydrogens (tertiary/aromatic N) is 4. The summed E-state index contributed by atoms with van der Waals surface area (Å²) in [6, 6.07) is 4.16. The van der Waals surface area contributed by atoms with Gasteiger partial charge >= 0.3 is 0 Å². The van der Waals surface area contributed by atoms with Crippen molar-refractivity contribution in [2.75, 3.05) is 16.4 Å². The molecular formula is C19H14Cl2N4O4S. The van der Waals surface area contributed by atoms with E-state index in [4.69, 9.17) is 23.2 Å². The number of benzene rings is 1. The van der Waals surface area contributed by atoms with Gasteiger partial charge in [-0.3, -0.25) is 9.59 Å². The van der Waals surface area contributed by atoms with Crippen molar-refractivity contribution in [3.05, 3.63) is 51.3 Å². The molecule has 3 aromatic rings. The van der Waals surface area contributed by atoms with E-state index in [9.17, 15) is 18.0 Å². The topological polar surface area (TPSA) is 102 Å². The number of imide groups is 1. The van der Waals surface area contributed by atoms with Gasteiger partial charge in [-0.1, -0.05) is 23.2 Å². The SMILES string of the molecule is Cc1nn(C2CCS(=O)(=O)C2)c2ncc3c(c12)C(=O)N(c1ccc(Cl)c(Cl)c1)C3=O. The minimum atomic E-state index is -3.13. The second kappa shape index (κ2) is 6.50. The third kappa shape index (κ3) is 2.76. The molecule has 0 saturated carbocycles. The van der Waals surface area contributed by atoms with Gasteiger partial charge in [-0.15, -0.1) is 0 Å². The molecule has 5 rings (SSSR count). The van der Waals surface area contributed by atoms with E-state index in [0.717, 1.165) is 4.90 Å². The average molecular weight is 465 g/mol. The van der Waals surface area contributed by atoms with Crippen LogP contribution in [-0.2, 0) is 9.84 Å². The number of aryl methyl sites for hydroxylation is 1. The van der Waals surface area contributed by atoms with Gasteiger partial charge in [-0.2, -0.15) is 5.10 Å². The smallest absolute Gasteiger partial charge is 0.267 e. The van der Waals surface area contributed by atoms with Crippen molar-refractivity contribution in [2.45, 2.75) is 19.4 Å². The fourth-order valence-electron chi connectivity index (χ4n) is 4.07. The zero-order valence-corrected chi connectivity index (χ0v) is 17.9. The van der Waals surface area contributed by atoms with Gasteiger partial charge in [0, 0.05) is 6.20 Å². The van der Waals surface area contributed by atoms with Gasteiger partial charge < -0.3 is 0 Å². The molecule has 0 N–H and O–H groups in total. The summed E-state index contributed by atoms with van der Waals surface area (Å²) in [5.74, 6) is -0.962. The first-order valence-electron chi connectivity index (χ1n) is 9.10. The lowest BCUT2D eigenvalue weighted by atomic mass is 10.1. The van der Waals surface area contributed by atoms with Crippen LogP contribution in [0.15, 0.2) is 24.4 Å². The Kier molecular flexibility index (Phi) is 4.22. The standard InChI is InChI=1S/C19H14Cl2N4O4S/c1-9-15-16-12(7-22-17(15)25(23-9)11-4-5-30(28,29)8-11)18(26)24(19(16)27)10-2-3-13(20)14(21)6-10/h2-3,6-7,11H,4-5,8H2,1H3. The Morgan fingerprint density at radius 2 is 1.90 bits per heavy atom. The third-order valence-electron chi connectivity index (χ3n) is 5.46. The summed E-state index contributed by atoms with van der Waals surface area (Å²) in [4.78, 5) is 31.7. The molecule has 2 amide bonds. The lowest BCUT2D eigenvalue weighted by molar-refractivity contribution is 0.0926. The van der Waals surface area contributed by atoms with Crippen molar-refractivity contribution in [3.63, 3.8) is 0 Å². The summed E-state index contributed by atoms with van der Waals surface area (Å²) in [5.41, 5.74) is 1.58. The normalized spacial score (nSPS) is 20.4. The highest BCUT2D eigenvalue weighted by Crippen LogP contribution is 2.37. The summed E-state index contributed by atoms with van der Waals surface area (Å²) < 4.78 is 25.4. The summed E-state index contributed by atoms with van der Waals surface area (Å²) in [6.45, 7) is 1.71. The van der Waals surface area contributed by atoms with Crippen LogP contribution in [-0.4, -0.2) is 46.5 Å². The van der Waals surface area contributed by atoms with Gasteiger partial charge in [0.05, 0.1) is 55.5 Å². The van der Waals surface area contributed by atoms with E-state index in [1.165, 1.54) is 18.3 Å².